The van der Waals surface area contributed by atoms with E-state index in [0.29, 0.717) is 31.3 Å². The molecule has 120 valence electrons. The van der Waals surface area contributed by atoms with Crippen molar-refractivity contribution in [3.63, 3.8) is 0 Å². The smallest absolute Gasteiger partial charge is 0.225 e. The van der Waals surface area contributed by atoms with Crippen LogP contribution in [0.15, 0.2) is 12.3 Å². The number of piperidine rings is 1. The van der Waals surface area contributed by atoms with Crippen molar-refractivity contribution in [2.45, 2.75) is 32.2 Å². The number of rotatable bonds is 7. The number of carbonyl (C=O) groups is 1. The van der Waals surface area contributed by atoms with E-state index < -0.39 is 0 Å². The first-order valence-corrected chi connectivity index (χ1v) is 7.31. The highest BCUT2D eigenvalue weighted by Gasteiger charge is 2.14. The van der Waals surface area contributed by atoms with Crippen molar-refractivity contribution < 1.29 is 9.53 Å². The zero-order valence-electron chi connectivity index (χ0n) is 12.5. The Kier molecular flexibility index (Phi) is 8.34. The molecule has 0 radical (unpaired) electrons. The van der Waals surface area contributed by atoms with Crippen LogP contribution in [0.4, 0.5) is 5.82 Å². The van der Waals surface area contributed by atoms with Gasteiger partial charge in [0, 0.05) is 25.8 Å². The van der Waals surface area contributed by atoms with Gasteiger partial charge in [-0.1, -0.05) is 0 Å². The van der Waals surface area contributed by atoms with Gasteiger partial charge in [0.2, 0.25) is 5.91 Å². The molecule has 0 bridgehead atoms. The van der Waals surface area contributed by atoms with Crippen molar-refractivity contribution in [1.82, 2.24) is 15.1 Å². The van der Waals surface area contributed by atoms with Crippen LogP contribution in [0.3, 0.4) is 0 Å². The van der Waals surface area contributed by atoms with Crippen molar-refractivity contribution >= 4 is 24.1 Å². The summed E-state index contributed by atoms with van der Waals surface area (Å²) in [5.74, 6) is 1.36. The van der Waals surface area contributed by atoms with E-state index in [1.807, 2.05) is 12.3 Å². The fourth-order valence-electron chi connectivity index (χ4n) is 2.45. The minimum atomic E-state index is 0. The minimum absolute atomic E-state index is 0. The molecule has 0 spiro atoms. The Balaban J connectivity index is 0.00000220. The molecule has 1 aliphatic heterocycles. The first-order chi connectivity index (χ1) is 9.78. The molecule has 1 amide bonds. The van der Waals surface area contributed by atoms with E-state index in [0.717, 1.165) is 19.5 Å². The van der Waals surface area contributed by atoms with Crippen molar-refractivity contribution in [2.24, 2.45) is 5.92 Å². The molecule has 1 fully saturated rings. The van der Waals surface area contributed by atoms with Gasteiger partial charge in [0.25, 0.3) is 0 Å². The second-order valence-electron chi connectivity index (χ2n) is 5.24. The second-order valence-corrected chi connectivity index (χ2v) is 5.24. The number of hydrogen-bond acceptors (Lipinski definition) is 4. The van der Waals surface area contributed by atoms with Gasteiger partial charge in [0.1, 0.15) is 0 Å². The number of halogens is 1. The topological polar surface area (TPSA) is 68.2 Å². The maximum atomic E-state index is 11.9. The fraction of sp³-hybridized carbons (Fsp3) is 0.714. The number of nitrogens with zero attached hydrogens (tertiary/aromatic N) is 2. The maximum absolute atomic E-state index is 11.9. The molecule has 2 heterocycles. The third-order valence-electron chi connectivity index (χ3n) is 3.67. The number of aromatic nitrogens is 2. The number of anilines is 1. The molecule has 1 aromatic heterocycles. The summed E-state index contributed by atoms with van der Waals surface area (Å²) in [5, 5.41) is 10.5. The van der Waals surface area contributed by atoms with Gasteiger partial charge in [-0.2, -0.15) is 5.10 Å². The molecule has 1 aromatic rings. The van der Waals surface area contributed by atoms with Crippen molar-refractivity contribution in [2.75, 3.05) is 32.1 Å². The lowest BCUT2D eigenvalue weighted by atomic mass is 9.93. The molecule has 21 heavy (non-hydrogen) atoms. The van der Waals surface area contributed by atoms with E-state index in [1.165, 1.54) is 12.8 Å². The van der Waals surface area contributed by atoms with Crippen LogP contribution in [-0.4, -0.2) is 42.5 Å². The maximum Gasteiger partial charge on any atom is 0.225 e. The molecule has 6 nitrogen and oxygen atoms in total. The molecule has 0 atom stereocenters. The fourth-order valence-corrected chi connectivity index (χ4v) is 2.45. The molecule has 0 saturated carbocycles. The van der Waals surface area contributed by atoms with Gasteiger partial charge in [0.15, 0.2) is 5.82 Å². The number of nitrogens with one attached hydrogen (secondary N) is 2. The Hall–Kier alpha value is -1.11. The zero-order valence-corrected chi connectivity index (χ0v) is 13.3. The van der Waals surface area contributed by atoms with Gasteiger partial charge in [-0.3, -0.25) is 9.48 Å². The molecule has 2 N–H and O–H groups in total. The third-order valence-corrected chi connectivity index (χ3v) is 3.67. The zero-order chi connectivity index (χ0) is 14.2. The van der Waals surface area contributed by atoms with Crippen LogP contribution in [-0.2, 0) is 16.1 Å². The van der Waals surface area contributed by atoms with Crippen LogP contribution in [0.25, 0.3) is 0 Å². The molecule has 1 saturated heterocycles. The number of hydrogen-bond donors (Lipinski definition) is 2. The van der Waals surface area contributed by atoms with E-state index in [4.69, 9.17) is 4.74 Å². The molecule has 1 aliphatic rings. The SMILES string of the molecule is COCCn1ccc(NC(=O)CCC2CCNCC2)n1.Cl. The monoisotopic (exact) mass is 316 g/mol. The molecule has 0 aliphatic carbocycles. The average Bonchev–Trinajstić information content (AvgIpc) is 2.91. The Morgan fingerprint density at radius 1 is 1.52 bits per heavy atom. The predicted octanol–water partition coefficient (Wildman–Crippen LogP) is 1.67. The van der Waals surface area contributed by atoms with Crippen LogP contribution < -0.4 is 10.6 Å². The standard InChI is InChI=1S/C14H24N4O2.ClH/c1-20-11-10-18-9-6-13(17-18)16-14(19)3-2-12-4-7-15-8-5-12;/h6,9,12,15H,2-5,7-8,10-11H2,1H3,(H,16,17,19);1H. The van der Waals surface area contributed by atoms with E-state index in [-0.39, 0.29) is 18.3 Å². The van der Waals surface area contributed by atoms with Crippen molar-refractivity contribution in [1.29, 1.82) is 0 Å². The minimum Gasteiger partial charge on any atom is -0.383 e. The Labute approximate surface area is 132 Å². The highest BCUT2D eigenvalue weighted by atomic mass is 35.5. The summed E-state index contributed by atoms with van der Waals surface area (Å²) in [7, 11) is 1.66. The molecular formula is C14H25ClN4O2. The van der Waals surface area contributed by atoms with Crippen LogP contribution in [0, 0.1) is 5.92 Å². The van der Waals surface area contributed by atoms with Crippen LogP contribution in [0.2, 0.25) is 0 Å². The second kappa shape index (κ2) is 9.76. The number of ether oxygens (including phenoxy) is 1. The molecule has 0 unspecified atom stereocenters. The summed E-state index contributed by atoms with van der Waals surface area (Å²) in [5.41, 5.74) is 0. The average molecular weight is 317 g/mol. The lowest BCUT2D eigenvalue weighted by Gasteiger charge is -2.21. The predicted molar refractivity (Wildman–Crippen MR) is 84.8 cm³/mol. The number of amides is 1. The van der Waals surface area contributed by atoms with Gasteiger partial charge >= 0.3 is 0 Å². The molecule has 2 rings (SSSR count). The summed E-state index contributed by atoms with van der Waals surface area (Å²) in [6.07, 6.45) is 5.76. The molecule has 0 aromatic carbocycles. The number of carbonyl (C=O) groups excluding carboxylic acids is 1. The normalized spacial score (nSPS) is 15.5. The van der Waals surface area contributed by atoms with Gasteiger partial charge in [-0.25, -0.2) is 0 Å². The lowest BCUT2D eigenvalue weighted by molar-refractivity contribution is -0.116. The van der Waals surface area contributed by atoms with Gasteiger partial charge in [0.05, 0.1) is 13.2 Å². The lowest BCUT2D eigenvalue weighted by Crippen LogP contribution is -2.28. The van der Waals surface area contributed by atoms with Crippen LogP contribution >= 0.6 is 12.4 Å². The van der Waals surface area contributed by atoms with E-state index in [2.05, 4.69) is 15.7 Å². The van der Waals surface area contributed by atoms with Crippen LogP contribution in [0.5, 0.6) is 0 Å². The largest absolute Gasteiger partial charge is 0.383 e. The van der Waals surface area contributed by atoms with Crippen LogP contribution in [0.1, 0.15) is 25.7 Å². The highest BCUT2D eigenvalue weighted by molar-refractivity contribution is 5.89. The highest BCUT2D eigenvalue weighted by Crippen LogP contribution is 2.18. The molecular weight excluding hydrogens is 292 g/mol. The summed E-state index contributed by atoms with van der Waals surface area (Å²) in [6, 6.07) is 1.82. The molecule has 7 heteroatoms. The third kappa shape index (κ3) is 6.46. The first-order valence-electron chi connectivity index (χ1n) is 7.31. The van der Waals surface area contributed by atoms with Gasteiger partial charge in [-0.15, -0.1) is 12.4 Å². The Morgan fingerprint density at radius 2 is 2.29 bits per heavy atom. The number of methoxy groups -OCH3 is 1. The van der Waals surface area contributed by atoms with Crippen molar-refractivity contribution in [3.05, 3.63) is 12.3 Å². The van der Waals surface area contributed by atoms with Gasteiger partial charge < -0.3 is 15.4 Å². The quantitative estimate of drug-likeness (QED) is 0.803. The first kappa shape index (κ1) is 17.9. The summed E-state index contributed by atoms with van der Waals surface area (Å²) in [4.78, 5) is 11.9. The summed E-state index contributed by atoms with van der Waals surface area (Å²) in [6.45, 7) is 3.47. The summed E-state index contributed by atoms with van der Waals surface area (Å²) >= 11 is 0. The van der Waals surface area contributed by atoms with Crippen molar-refractivity contribution in [3.8, 4) is 0 Å². The summed E-state index contributed by atoms with van der Waals surface area (Å²) < 4.78 is 6.76. The Morgan fingerprint density at radius 3 is 3.00 bits per heavy atom. The van der Waals surface area contributed by atoms with E-state index in [9.17, 15) is 4.79 Å². The van der Waals surface area contributed by atoms with E-state index in [1.54, 1.807) is 11.8 Å². The van der Waals surface area contributed by atoms with E-state index >= 15 is 0 Å². The van der Waals surface area contributed by atoms with Gasteiger partial charge in [-0.05, 0) is 38.3 Å². The Bertz CT molecular complexity index is 419.